The van der Waals surface area contributed by atoms with Gasteiger partial charge < -0.3 is 15.0 Å². The lowest BCUT2D eigenvalue weighted by molar-refractivity contribution is -0.137. The van der Waals surface area contributed by atoms with Crippen molar-refractivity contribution in [1.29, 1.82) is 0 Å². The molecule has 2 atom stereocenters. The van der Waals surface area contributed by atoms with Gasteiger partial charge in [0, 0.05) is 19.0 Å². The average molecular weight is 328 g/mol. The van der Waals surface area contributed by atoms with Crippen molar-refractivity contribution < 1.29 is 13.9 Å². The van der Waals surface area contributed by atoms with Gasteiger partial charge in [0.25, 0.3) is 0 Å². The Kier molecular flexibility index (Phi) is 4.21. The van der Waals surface area contributed by atoms with Gasteiger partial charge in [0.05, 0.1) is 19.3 Å². The summed E-state index contributed by atoms with van der Waals surface area (Å²) in [6.07, 6.45) is 0.938. The number of morpholine rings is 1. The first-order valence-corrected chi connectivity index (χ1v) is 8.51. The first-order chi connectivity index (χ1) is 11.7. The largest absolute Gasteiger partial charge is 0.378 e. The fourth-order valence-corrected chi connectivity index (χ4v) is 3.77. The number of hydrogen-bond donors (Lipinski definition) is 1. The van der Waals surface area contributed by atoms with Gasteiger partial charge in [0.1, 0.15) is 5.82 Å². The van der Waals surface area contributed by atoms with Gasteiger partial charge in [-0.2, -0.15) is 0 Å². The molecule has 4 rings (SSSR count). The van der Waals surface area contributed by atoms with E-state index in [9.17, 15) is 9.18 Å². The summed E-state index contributed by atoms with van der Waals surface area (Å²) >= 11 is 0. The molecule has 126 valence electrons. The smallest absolute Gasteiger partial charge is 0.240 e. The van der Waals surface area contributed by atoms with E-state index in [1.54, 1.807) is 12.1 Å². The van der Waals surface area contributed by atoms with Crippen LogP contribution in [-0.2, 0) is 9.53 Å². The Bertz CT molecular complexity index is 758. The van der Waals surface area contributed by atoms with Crippen LogP contribution in [0.25, 0.3) is 10.8 Å². The van der Waals surface area contributed by atoms with Crippen molar-refractivity contribution >= 4 is 16.7 Å². The maximum atomic E-state index is 13.3. The van der Waals surface area contributed by atoms with Gasteiger partial charge in [-0.05, 0) is 41.4 Å². The summed E-state index contributed by atoms with van der Waals surface area (Å²) in [5, 5.41) is 5.27. The molecule has 2 aliphatic rings. The molecule has 0 aromatic heterocycles. The fraction of sp³-hybridized carbons (Fsp3) is 0.421. The number of rotatable bonds is 2. The molecule has 2 aliphatic heterocycles. The predicted molar refractivity (Wildman–Crippen MR) is 90.5 cm³/mol. The summed E-state index contributed by atoms with van der Waals surface area (Å²) < 4.78 is 18.7. The Labute approximate surface area is 140 Å². The van der Waals surface area contributed by atoms with Crippen LogP contribution in [0.3, 0.4) is 0 Å². The van der Waals surface area contributed by atoms with E-state index in [2.05, 4.69) is 11.4 Å². The number of carbonyl (C=O) groups is 1. The lowest BCUT2D eigenvalue weighted by atomic mass is 9.89. The molecule has 0 spiro atoms. The molecular weight excluding hydrogens is 307 g/mol. The lowest BCUT2D eigenvalue weighted by Crippen LogP contribution is -2.49. The zero-order chi connectivity index (χ0) is 16.5. The van der Waals surface area contributed by atoms with Gasteiger partial charge in [-0.15, -0.1) is 0 Å². The quantitative estimate of drug-likeness (QED) is 0.920. The second kappa shape index (κ2) is 6.49. The van der Waals surface area contributed by atoms with E-state index in [0.29, 0.717) is 26.3 Å². The third kappa shape index (κ3) is 2.89. The van der Waals surface area contributed by atoms with Crippen LogP contribution in [0.4, 0.5) is 4.39 Å². The summed E-state index contributed by atoms with van der Waals surface area (Å²) in [5.41, 5.74) is 1.14. The zero-order valence-electron chi connectivity index (χ0n) is 13.5. The van der Waals surface area contributed by atoms with Gasteiger partial charge in [-0.3, -0.25) is 4.79 Å². The number of benzene rings is 2. The number of nitrogens with one attached hydrogen (secondary N) is 1. The first kappa shape index (κ1) is 15.5. The summed E-state index contributed by atoms with van der Waals surface area (Å²) in [5.74, 6) is 0.105. The highest BCUT2D eigenvalue weighted by atomic mass is 19.1. The predicted octanol–water partition coefficient (Wildman–Crippen LogP) is 2.28. The maximum absolute atomic E-state index is 13.3. The monoisotopic (exact) mass is 328 g/mol. The second-order valence-electron chi connectivity index (χ2n) is 6.52. The first-order valence-electron chi connectivity index (χ1n) is 8.51. The van der Waals surface area contributed by atoms with Crippen LogP contribution in [0.1, 0.15) is 17.9 Å². The highest BCUT2D eigenvalue weighted by molar-refractivity contribution is 5.86. The van der Waals surface area contributed by atoms with Crippen LogP contribution in [0, 0.1) is 5.82 Å². The number of amides is 1. The van der Waals surface area contributed by atoms with E-state index in [1.807, 2.05) is 17.0 Å². The molecule has 1 N–H and O–H groups in total. The van der Waals surface area contributed by atoms with Crippen molar-refractivity contribution in [1.82, 2.24) is 10.2 Å². The van der Waals surface area contributed by atoms with Gasteiger partial charge in [0.2, 0.25) is 5.91 Å². The van der Waals surface area contributed by atoms with Crippen LogP contribution < -0.4 is 5.32 Å². The molecule has 0 unspecified atom stereocenters. The second-order valence-corrected chi connectivity index (χ2v) is 6.52. The SMILES string of the molecule is O=C([C@H]1NCC[C@H]1c1ccc2cc(F)ccc2c1)N1CCOCC1. The summed E-state index contributed by atoms with van der Waals surface area (Å²) in [7, 11) is 0. The average Bonchev–Trinajstić information content (AvgIpc) is 3.11. The Morgan fingerprint density at radius 2 is 1.88 bits per heavy atom. The third-order valence-corrected chi connectivity index (χ3v) is 5.07. The molecular formula is C19H21FN2O2. The zero-order valence-corrected chi connectivity index (χ0v) is 13.5. The molecule has 1 amide bonds. The Balaban J connectivity index is 1.60. The van der Waals surface area contributed by atoms with Crippen LogP contribution in [0.2, 0.25) is 0 Å². The number of nitrogens with zero attached hydrogens (tertiary/aromatic N) is 1. The molecule has 2 saturated heterocycles. The van der Waals surface area contributed by atoms with Crippen molar-refractivity contribution in [2.45, 2.75) is 18.4 Å². The van der Waals surface area contributed by atoms with Crippen molar-refractivity contribution in [3.8, 4) is 0 Å². The minimum atomic E-state index is -0.224. The summed E-state index contributed by atoms with van der Waals surface area (Å²) in [4.78, 5) is 14.7. The minimum absolute atomic E-state index is 0.162. The third-order valence-electron chi connectivity index (χ3n) is 5.07. The highest BCUT2D eigenvalue weighted by Crippen LogP contribution is 2.31. The number of hydrogen-bond acceptors (Lipinski definition) is 3. The van der Waals surface area contributed by atoms with Gasteiger partial charge in [-0.1, -0.05) is 24.3 Å². The maximum Gasteiger partial charge on any atom is 0.240 e. The number of halogens is 1. The Hall–Kier alpha value is -1.98. The van der Waals surface area contributed by atoms with E-state index in [-0.39, 0.29) is 23.7 Å². The Morgan fingerprint density at radius 3 is 2.71 bits per heavy atom. The molecule has 2 heterocycles. The van der Waals surface area contributed by atoms with Crippen LogP contribution >= 0.6 is 0 Å². The number of fused-ring (bicyclic) bond motifs is 1. The molecule has 2 fully saturated rings. The minimum Gasteiger partial charge on any atom is -0.378 e. The normalized spacial score (nSPS) is 24.5. The van der Waals surface area contributed by atoms with Crippen molar-refractivity contribution in [3.05, 3.63) is 47.8 Å². The molecule has 4 nitrogen and oxygen atoms in total. The molecule has 5 heteroatoms. The van der Waals surface area contributed by atoms with Gasteiger partial charge in [0.15, 0.2) is 0 Å². The fourth-order valence-electron chi connectivity index (χ4n) is 3.77. The molecule has 2 aromatic rings. The van der Waals surface area contributed by atoms with E-state index in [0.717, 1.165) is 29.3 Å². The highest BCUT2D eigenvalue weighted by Gasteiger charge is 2.36. The van der Waals surface area contributed by atoms with Crippen molar-refractivity contribution in [2.75, 3.05) is 32.8 Å². The van der Waals surface area contributed by atoms with Crippen molar-refractivity contribution in [2.24, 2.45) is 0 Å². The Morgan fingerprint density at radius 1 is 1.12 bits per heavy atom. The number of ether oxygens (including phenoxy) is 1. The molecule has 0 aliphatic carbocycles. The van der Waals surface area contributed by atoms with Crippen molar-refractivity contribution in [3.63, 3.8) is 0 Å². The molecule has 24 heavy (non-hydrogen) atoms. The lowest BCUT2D eigenvalue weighted by Gasteiger charge is -2.31. The molecule has 0 radical (unpaired) electrons. The molecule has 2 aromatic carbocycles. The van der Waals surface area contributed by atoms with Crippen LogP contribution in [-0.4, -0.2) is 49.7 Å². The number of carbonyl (C=O) groups excluding carboxylic acids is 1. The van der Waals surface area contributed by atoms with Gasteiger partial charge in [-0.25, -0.2) is 4.39 Å². The van der Waals surface area contributed by atoms with E-state index in [1.165, 1.54) is 6.07 Å². The standard InChI is InChI=1S/C19H21FN2O2/c20-16-4-3-13-11-15(2-1-14(13)12-16)17-5-6-21-18(17)19(23)22-7-9-24-10-8-22/h1-4,11-12,17-18,21H,5-10H2/t17-,18-/m0/s1. The van der Waals surface area contributed by atoms with E-state index < -0.39 is 0 Å². The summed E-state index contributed by atoms with van der Waals surface area (Å²) in [6.45, 7) is 3.41. The summed E-state index contributed by atoms with van der Waals surface area (Å²) in [6, 6.07) is 10.7. The van der Waals surface area contributed by atoms with Crippen LogP contribution in [0.15, 0.2) is 36.4 Å². The topological polar surface area (TPSA) is 41.6 Å². The van der Waals surface area contributed by atoms with Gasteiger partial charge >= 0.3 is 0 Å². The van der Waals surface area contributed by atoms with E-state index in [4.69, 9.17) is 4.74 Å². The van der Waals surface area contributed by atoms with Crippen LogP contribution in [0.5, 0.6) is 0 Å². The molecule has 0 bridgehead atoms. The van der Waals surface area contributed by atoms with E-state index >= 15 is 0 Å². The molecule has 0 saturated carbocycles.